The molecular formula is C14H13Cl2NOS2. The lowest BCUT2D eigenvalue weighted by Gasteiger charge is -2.08. The highest BCUT2D eigenvalue weighted by Gasteiger charge is 2.14. The minimum absolute atomic E-state index is 0.532. The van der Waals surface area contributed by atoms with E-state index >= 15 is 0 Å². The largest absolute Gasteiger partial charge is 0.411 e. The predicted molar refractivity (Wildman–Crippen MR) is 89.3 cm³/mol. The number of hydrogen-bond acceptors (Lipinski definition) is 4. The fraction of sp³-hybridized carbons (Fsp3) is 0.214. The Morgan fingerprint density at radius 2 is 2.10 bits per heavy atom. The maximum Gasteiger partial charge on any atom is 0.104 e. The molecule has 1 aromatic carbocycles. The van der Waals surface area contributed by atoms with Crippen molar-refractivity contribution in [1.29, 1.82) is 0 Å². The predicted octanol–water partition coefficient (Wildman–Crippen LogP) is 5.64. The van der Waals surface area contributed by atoms with Crippen molar-refractivity contribution < 1.29 is 5.21 Å². The van der Waals surface area contributed by atoms with Gasteiger partial charge in [0.2, 0.25) is 0 Å². The molecule has 0 aliphatic heterocycles. The Bertz CT molecular complexity index is 653. The lowest BCUT2D eigenvalue weighted by atomic mass is 10.1. The highest BCUT2D eigenvalue weighted by molar-refractivity contribution is 8.00. The average molecular weight is 346 g/mol. The molecule has 2 rings (SSSR count). The molecule has 0 amide bonds. The van der Waals surface area contributed by atoms with Crippen molar-refractivity contribution in [3.63, 3.8) is 0 Å². The van der Waals surface area contributed by atoms with Gasteiger partial charge in [0.25, 0.3) is 0 Å². The first-order valence-electron chi connectivity index (χ1n) is 5.88. The quantitative estimate of drug-likeness (QED) is 0.336. The zero-order valence-electron chi connectivity index (χ0n) is 11.0. The minimum Gasteiger partial charge on any atom is -0.411 e. The first-order chi connectivity index (χ1) is 9.52. The molecule has 0 saturated carbocycles. The molecule has 1 N–H and O–H groups in total. The van der Waals surface area contributed by atoms with Crippen molar-refractivity contribution in [2.75, 3.05) is 5.75 Å². The summed E-state index contributed by atoms with van der Waals surface area (Å²) in [6.45, 7) is 4.16. The summed E-state index contributed by atoms with van der Waals surface area (Å²) in [7, 11) is 0. The third-order valence-electron chi connectivity index (χ3n) is 3.01. The van der Waals surface area contributed by atoms with Crippen LogP contribution in [0.3, 0.4) is 0 Å². The van der Waals surface area contributed by atoms with Gasteiger partial charge < -0.3 is 5.21 Å². The number of thiophene rings is 1. The van der Waals surface area contributed by atoms with E-state index in [1.54, 1.807) is 17.8 Å². The van der Waals surface area contributed by atoms with Gasteiger partial charge in [-0.2, -0.15) is 0 Å². The van der Waals surface area contributed by atoms with Gasteiger partial charge in [-0.05, 0) is 37.1 Å². The number of benzene rings is 1. The number of halogens is 2. The Kier molecular flexibility index (Phi) is 5.38. The molecule has 1 heterocycles. The van der Waals surface area contributed by atoms with E-state index in [4.69, 9.17) is 23.2 Å². The first-order valence-corrected chi connectivity index (χ1v) is 8.44. The molecule has 0 radical (unpaired) electrons. The van der Waals surface area contributed by atoms with Gasteiger partial charge in [0.1, 0.15) is 4.34 Å². The van der Waals surface area contributed by atoms with Crippen LogP contribution >= 0.6 is 46.3 Å². The number of oxime groups is 1. The van der Waals surface area contributed by atoms with Crippen LogP contribution in [0, 0.1) is 13.8 Å². The number of rotatable bonds is 4. The number of hydrogen-bond donors (Lipinski definition) is 1. The highest BCUT2D eigenvalue weighted by Crippen LogP contribution is 2.33. The average Bonchev–Trinajstić information content (AvgIpc) is 2.74. The van der Waals surface area contributed by atoms with Crippen LogP contribution in [-0.4, -0.2) is 16.7 Å². The summed E-state index contributed by atoms with van der Waals surface area (Å²) in [5, 5.41) is 12.6. The van der Waals surface area contributed by atoms with E-state index in [0.29, 0.717) is 25.7 Å². The van der Waals surface area contributed by atoms with Gasteiger partial charge in [0, 0.05) is 16.2 Å². The minimum atomic E-state index is 0.532. The molecule has 2 aromatic rings. The van der Waals surface area contributed by atoms with E-state index in [0.717, 1.165) is 0 Å². The van der Waals surface area contributed by atoms with E-state index in [9.17, 15) is 5.21 Å². The third-order valence-corrected chi connectivity index (χ3v) is 5.67. The second-order valence-electron chi connectivity index (χ2n) is 4.27. The monoisotopic (exact) mass is 345 g/mol. The summed E-state index contributed by atoms with van der Waals surface area (Å²) in [5.41, 5.74) is 3.71. The van der Waals surface area contributed by atoms with Crippen LogP contribution < -0.4 is 0 Å². The van der Waals surface area contributed by atoms with Crippen LogP contribution in [0.15, 0.2) is 34.3 Å². The molecule has 6 heteroatoms. The molecular weight excluding hydrogens is 333 g/mol. The van der Waals surface area contributed by atoms with Crippen molar-refractivity contribution in [3.8, 4) is 0 Å². The van der Waals surface area contributed by atoms with Gasteiger partial charge in [0.15, 0.2) is 0 Å². The SMILES string of the molecule is Cc1cccc(SC/C(=N\O)c2cc(Cl)sc2Cl)c1C. The van der Waals surface area contributed by atoms with Crippen molar-refractivity contribution in [3.05, 3.63) is 49.6 Å². The molecule has 0 fully saturated rings. The molecule has 0 bridgehead atoms. The molecule has 0 unspecified atom stereocenters. The Labute approximate surface area is 136 Å². The van der Waals surface area contributed by atoms with Crippen LogP contribution in [0.1, 0.15) is 16.7 Å². The van der Waals surface area contributed by atoms with E-state index in [2.05, 4.69) is 31.1 Å². The van der Waals surface area contributed by atoms with Crippen LogP contribution in [-0.2, 0) is 0 Å². The molecule has 1 aromatic heterocycles. The van der Waals surface area contributed by atoms with Crippen molar-refractivity contribution in [2.24, 2.45) is 5.16 Å². The molecule has 0 atom stereocenters. The second-order valence-corrected chi connectivity index (χ2v) is 7.57. The molecule has 20 heavy (non-hydrogen) atoms. The van der Waals surface area contributed by atoms with Gasteiger partial charge >= 0.3 is 0 Å². The molecule has 0 aliphatic carbocycles. The standard InChI is InChI=1S/C14H13Cl2NOS2/c1-8-4-3-5-12(9(8)2)19-7-11(17-18)10-6-13(15)20-14(10)16/h3-6,18H,7H2,1-2H3/b17-11+. The van der Waals surface area contributed by atoms with Crippen molar-refractivity contribution in [2.45, 2.75) is 18.7 Å². The molecule has 106 valence electrons. The van der Waals surface area contributed by atoms with Gasteiger partial charge in [0.05, 0.1) is 10.0 Å². The van der Waals surface area contributed by atoms with Gasteiger partial charge in [-0.25, -0.2) is 0 Å². The van der Waals surface area contributed by atoms with Crippen LogP contribution in [0.25, 0.3) is 0 Å². The smallest absolute Gasteiger partial charge is 0.104 e. The number of thioether (sulfide) groups is 1. The first kappa shape index (κ1) is 15.7. The lowest BCUT2D eigenvalue weighted by Crippen LogP contribution is -2.04. The maximum absolute atomic E-state index is 9.19. The van der Waals surface area contributed by atoms with Crippen LogP contribution in [0.2, 0.25) is 8.67 Å². The van der Waals surface area contributed by atoms with Gasteiger partial charge in [-0.15, -0.1) is 23.1 Å². The Balaban J connectivity index is 2.16. The van der Waals surface area contributed by atoms with E-state index in [1.807, 2.05) is 6.07 Å². The summed E-state index contributed by atoms with van der Waals surface area (Å²) < 4.78 is 1.13. The van der Waals surface area contributed by atoms with E-state index < -0.39 is 0 Å². The van der Waals surface area contributed by atoms with Gasteiger partial charge in [-0.3, -0.25) is 0 Å². The Hall–Kier alpha value is -0.680. The normalized spacial score (nSPS) is 11.9. The maximum atomic E-state index is 9.19. The topological polar surface area (TPSA) is 32.6 Å². The van der Waals surface area contributed by atoms with Gasteiger partial charge in [-0.1, -0.05) is 40.5 Å². The molecule has 2 nitrogen and oxygen atoms in total. The molecule has 0 saturated heterocycles. The Morgan fingerprint density at radius 3 is 2.70 bits per heavy atom. The lowest BCUT2D eigenvalue weighted by molar-refractivity contribution is 0.319. The third kappa shape index (κ3) is 3.50. The summed E-state index contributed by atoms with van der Waals surface area (Å²) >= 11 is 14.9. The number of nitrogens with zero attached hydrogens (tertiary/aromatic N) is 1. The molecule has 0 aliphatic rings. The van der Waals surface area contributed by atoms with Crippen molar-refractivity contribution >= 4 is 52.0 Å². The summed E-state index contributed by atoms with van der Waals surface area (Å²) in [4.78, 5) is 1.17. The summed E-state index contributed by atoms with van der Waals surface area (Å²) in [6, 6.07) is 7.89. The fourth-order valence-corrected chi connectivity index (χ4v) is 4.29. The van der Waals surface area contributed by atoms with E-state index in [1.165, 1.54) is 27.4 Å². The fourth-order valence-electron chi connectivity index (χ4n) is 1.72. The zero-order valence-corrected chi connectivity index (χ0v) is 14.1. The van der Waals surface area contributed by atoms with E-state index in [-0.39, 0.29) is 0 Å². The Morgan fingerprint density at radius 1 is 1.35 bits per heavy atom. The summed E-state index contributed by atoms with van der Waals surface area (Å²) in [6.07, 6.45) is 0. The second kappa shape index (κ2) is 6.85. The highest BCUT2D eigenvalue weighted by atomic mass is 35.5. The molecule has 0 spiro atoms. The van der Waals surface area contributed by atoms with Crippen molar-refractivity contribution in [1.82, 2.24) is 0 Å². The number of aryl methyl sites for hydroxylation is 1. The van der Waals surface area contributed by atoms with Crippen LogP contribution in [0.5, 0.6) is 0 Å². The van der Waals surface area contributed by atoms with Crippen LogP contribution in [0.4, 0.5) is 0 Å². The zero-order chi connectivity index (χ0) is 14.7. The summed E-state index contributed by atoms with van der Waals surface area (Å²) in [5.74, 6) is 0.535.